The normalized spacial score (nSPS) is 10.3. The van der Waals surface area contributed by atoms with Crippen molar-refractivity contribution in [1.29, 1.82) is 0 Å². The predicted octanol–water partition coefficient (Wildman–Crippen LogP) is 1.06. The Labute approximate surface area is 100 Å². The molecule has 4 N–H and O–H groups in total. The van der Waals surface area contributed by atoms with Crippen LogP contribution in [-0.2, 0) is 23.0 Å². The minimum Gasteiger partial charge on any atom is -0.478 e. The highest BCUT2D eigenvalue weighted by atomic mass is 17.1. The molecule has 98 valence electrons. The monoisotopic (exact) mass is 258 g/mol. The molecule has 8 heteroatoms. The molecule has 8 nitrogen and oxygen atoms in total. The molecule has 1 rings (SSSR count). The lowest BCUT2D eigenvalue weighted by atomic mass is 9.99. The van der Waals surface area contributed by atoms with Crippen LogP contribution in [0.5, 0.6) is 0 Å². The van der Waals surface area contributed by atoms with Crippen molar-refractivity contribution in [2.75, 3.05) is 0 Å². The third-order valence-corrected chi connectivity index (χ3v) is 2.24. The van der Waals surface area contributed by atoms with E-state index < -0.39 is 23.1 Å². The molecule has 18 heavy (non-hydrogen) atoms. The van der Waals surface area contributed by atoms with E-state index in [0.29, 0.717) is 0 Å². The maximum Gasteiger partial charge on any atom is 0.336 e. The van der Waals surface area contributed by atoms with Gasteiger partial charge in [-0.2, -0.15) is 0 Å². The highest BCUT2D eigenvalue weighted by Crippen LogP contribution is 2.19. The molecule has 0 fully saturated rings. The first kappa shape index (κ1) is 14.1. The highest BCUT2D eigenvalue weighted by Gasteiger charge is 2.19. The predicted molar refractivity (Wildman–Crippen MR) is 55.2 cm³/mol. The summed E-state index contributed by atoms with van der Waals surface area (Å²) < 4.78 is 0. The van der Waals surface area contributed by atoms with Crippen LogP contribution in [0, 0.1) is 0 Å². The van der Waals surface area contributed by atoms with Crippen molar-refractivity contribution in [3.8, 4) is 0 Å². The van der Waals surface area contributed by atoms with Gasteiger partial charge in [0.1, 0.15) is 13.2 Å². The van der Waals surface area contributed by atoms with Crippen LogP contribution in [0.1, 0.15) is 31.8 Å². The van der Waals surface area contributed by atoms with Crippen molar-refractivity contribution in [2.24, 2.45) is 0 Å². The number of rotatable bonds is 6. The van der Waals surface area contributed by atoms with E-state index in [1.54, 1.807) is 0 Å². The summed E-state index contributed by atoms with van der Waals surface area (Å²) in [6.45, 7) is -0.724. The second-order valence-electron chi connectivity index (χ2n) is 3.32. The molecule has 0 aliphatic rings. The van der Waals surface area contributed by atoms with Gasteiger partial charge in [0.25, 0.3) is 0 Å². The average molecular weight is 258 g/mol. The van der Waals surface area contributed by atoms with Gasteiger partial charge in [0.15, 0.2) is 0 Å². The number of aromatic carboxylic acids is 2. The lowest BCUT2D eigenvalue weighted by molar-refractivity contribution is -0.258. The fourth-order valence-corrected chi connectivity index (χ4v) is 1.45. The summed E-state index contributed by atoms with van der Waals surface area (Å²) in [5, 5.41) is 34.5. The zero-order valence-corrected chi connectivity index (χ0v) is 8.99. The number of carbonyl (C=O) groups is 2. The van der Waals surface area contributed by atoms with Gasteiger partial charge in [0.2, 0.25) is 0 Å². The van der Waals surface area contributed by atoms with Crippen molar-refractivity contribution in [2.45, 2.75) is 13.2 Å². The first-order valence-electron chi connectivity index (χ1n) is 4.66. The lowest BCUT2D eigenvalue weighted by Crippen LogP contribution is -2.11. The van der Waals surface area contributed by atoms with Crippen molar-refractivity contribution in [1.82, 2.24) is 0 Å². The van der Waals surface area contributed by atoms with E-state index >= 15 is 0 Å². The van der Waals surface area contributed by atoms with Gasteiger partial charge in [0, 0.05) is 0 Å². The molecule has 0 spiro atoms. The highest BCUT2D eigenvalue weighted by molar-refractivity contribution is 6.02. The number of benzene rings is 1. The van der Waals surface area contributed by atoms with E-state index in [0.717, 1.165) is 12.1 Å². The standard InChI is InChI=1S/C10H10O8/c11-9(12)7-1-5(3-17-15)6(4-18-16)2-8(7)10(13)14/h1-2,15-16H,3-4H2,(H,11,12)(H,13,14). The van der Waals surface area contributed by atoms with Crippen molar-refractivity contribution in [3.63, 3.8) is 0 Å². The maximum absolute atomic E-state index is 10.9. The summed E-state index contributed by atoms with van der Waals surface area (Å²) in [5.41, 5.74) is -0.518. The van der Waals surface area contributed by atoms with Gasteiger partial charge in [-0.3, -0.25) is 10.5 Å². The van der Waals surface area contributed by atoms with Gasteiger partial charge in [-0.05, 0) is 23.3 Å². The summed E-state index contributed by atoms with van der Waals surface area (Å²) in [4.78, 5) is 29.6. The van der Waals surface area contributed by atoms with Gasteiger partial charge in [-0.25, -0.2) is 19.4 Å². The van der Waals surface area contributed by atoms with E-state index in [9.17, 15) is 9.59 Å². The first-order chi connectivity index (χ1) is 8.51. The van der Waals surface area contributed by atoms with E-state index in [1.165, 1.54) is 0 Å². The Morgan fingerprint density at radius 3 is 1.44 bits per heavy atom. The zero-order valence-electron chi connectivity index (χ0n) is 8.99. The van der Waals surface area contributed by atoms with Crippen LogP contribution in [-0.4, -0.2) is 32.7 Å². The molecule has 1 aromatic rings. The largest absolute Gasteiger partial charge is 0.478 e. The van der Waals surface area contributed by atoms with Gasteiger partial charge < -0.3 is 10.2 Å². The SMILES string of the molecule is O=C(O)c1cc(COO)c(COO)cc1C(=O)O. The number of carboxylic acids is 2. The summed E-state index contributed by atoms with van der Waals surface area (Å²) in [7, 11) is 0. The Kier molecular flexibility index (Phi) is 4.75. The molecule has 0 aromatic heterocycles. The fraction of sp³-hybridized carbons (Fsp3) is 0.200. The third kappa shape index (κ3) is 3.02. The molecule has 0 saturated carbocycles. The summed E-state index contributed by atoms with van der Waals surface area (Å²) in [6.07, 6.45) is 0. The van der Waals surface area contributed by atoms with E-state index in [4.69, 9.17) is 20.7 Å². The molecule has 0 bridgehead atoms. The molecular formula is C10H10O8. The molecule has 0 saturated heterocycles. The van der Waals surface area contributed by atoms with E-state index in [-0.39, 0.29) is 24.3 Å². The molecule has 0 atom stereocenters. The zero-order chi connectivity index (χ0) is 13.7. The molecule has 0 aliphatic carbocycles. The topological polar surface area (TPSA) is 134 Å². The number of hydrogen-bond donors (Lipinski definition) is 4. The van der Waals surface area contributed by atoms with E-state index in [1.807, 2.05) is 0 Å². The first-order valence-corrected chi connectivity index (χ1v) is 4.66. The number of carboxylic acid groups (broad SMARTS) is 2. The van der Waals surface area contributed by atoms with Crippen LogP contribution in [0.25, 0.3) is 0 Å². The number of hydrogen-bond acceptors (Lipinski definition) is 6. The van der Waals surface area contributed by atoms with Crippen LogP contribution in [0.15, 0.2) is 12.1 Å². The van der Waals surface area contributed by atoms with Crippen LogP contribution in [0.3, 0.4) is 0 Å². The van der Waals surface area contributed by atoms with Crippen LogP contribution in [0.2, 0.25) is 0 Å². The Bertz CT molecular complexity index is 424. The minimum absolute atomic E-state index is 0.189. The molecule has 0 radical (unpaired) electrons. The molecular weight excluding hydrogens is 248 g/mol. The molecule has 0 heterocycles. The molecule has 0 aliphatic heterocycles. The van der Waals surface area contributed by atoms with E-state index in [2.05, 4.69) is 9.78 Å². The Balaban J connectivity index is 3.39. The second-order valence-corrected chi connectivity index (χ2v) is 3.32. The Morgan fingerprint density at radius 1 is 0.889 bits per heavy atom. The van der Waals surface area contributed by atoms with Crippen LogP contribution >= 0.6 is 0 Å². The van der Waals surface area contributed by atoms with Crippen LogP contribution in [0.4, 0.5) is 0 Å². The summed E-state index contributed by atoms with van der Waals surface area (Å²) >= 11 is 0. The molecule has 1 aromatic carbocycles. The molecule has 0 unspecified atom stereocenters. The summed E-state index contributed by atoms with van der Waals surface area (Å²) in [5.74, 6) is -2.86. The smallest absolute Gasteiger partial charge is 0.336 e. The quantitative estimate of drug-likeness (QED) is 0.439. The van der Waals surface area contributed by atoms with Crippen LogP contribution < -0.4 is 0 Å². The van der Waals surface area contributed by atoms with Gasteiger partial charge in [-0.15, -0.1) is 0 Å². The lowest BCUT2D eigenvalue weighted by Gasteiger charge is -2.10. The van der Waals surface area contributed by atoms with Crippen molar-refractivity contribution >= 4 is 11.9 Å². The summed E-state index contributed by atoms with van der Waals surface area (Å²) in [6, 6.07) is 2.08. The third-order valence-electron chi connectivity index (χ3n) is 2.24. The van der Waals surface area contributed by atoms with Gasteiger partial charge in [-0.1, -0.05) is 0 Å². The van der Waals surface area contributed by atoms with Gasteiger partial charge >= 0.3 is 11.9 Å². The average Bonchev–Trinajstić information content (AvgIpc) is 2.30. The minimum atomic E-state index is -1.43. The fourth-order valence-electron chi connectivity index (χ4n) is 1.45. The maximum atomic E-state index is 10.9. The Morgan fingerprint density at radius 2 is 1.22 bits per heavy atom. The Hall–Kier alpha value is -2.00. The van der Waals surface area contributed by atoms with Crippen molar-refractivity contribution < 1.29 is 40.1 Å². The van der Waals surface area contributed by atoms with Gasteiger partial charge in [0.05, 0.1) is 11.1 Å². The molecule has 0 amide bonds. The van der Waals surface area contributed by atoms with Crippen molar-refractivity contribution in [3.05, 3.63) is 34.4 Å². The second kappa shape index (κ2) is 6.07.